The number of methoxy groups -OCH3 is 1. The summed E-state index contributed by atoms with van der Waals surface area (Å²) in [6.07, 6.45) is 0. The van der Waals surface area contributed by atoms with Crippen molar-refractivity contribution in [3.8, 4) is 23.0 Å². The van der Waals surface area contributed by atoms with Crippen LogP contribution in [0.5, 0.6) is 11.5 Å². The highest BCUT2D eigenvalue weighted by Gasteiger charge is 2.13. The first-order chi connectivity index (χ1) is 13.0. The Morgan fingerprint density at radius 3 is 2.22 bits per heavy atom. The van der Waals surface area contributed by atoms with E-state index in [1.807, 2.05) is 36.4 Å². The van der Waals surface area contributed by atoms with E-state index < -0.39 is 0 Å². The molecule has 1 heterocycles. The minimum absolute atomic E-state index is 0.147. The van der Waals surface area contributed by atoms with Crippen molar-refractivity contribution in [2.45, 2.75) is 31.4 Å². The summed E-state index contributed by atoms with van der Waals surface area (Å²) in [5, 5.41) is 8.70. The average molecular weight is 385 g/mol. The summed E-state index contributed by atoms with van der Waals surface area (Å²) in [7, 11) is 1.64. The summed E-state index contributed by atoms with van der Waals surface area (Å²) in [4.78, 5) is 0. The molecule has 0 bridgehead atoms. The largest absolute Gasteiger partial charge is 0.497 e. The van der Waals surface area contributed by atoms with Crippen LogP contribution in [0.3, 0.4) is 0 Å². The number of benzene rings is 2. The van der Waals surface area contributed by atoms with E-state index in [0.717, 1.165) is 22.8 Å². The minimum Gasteiger partial charge on any atom is -0.497 e. The van der Waals surface area contributed by atoms with Gasteiger partial charge in [0.25, 0.3) is 5.22 Å². The quantitative estimate of drug-likeness (QED) is 0.411. The average Bonchev–Trinajstić information content (AvgIpc) is 3.14. The standard InChI is InChI=1S/C21H24N2O3S/c1-21(2,3)16-7-11-18(12-8-16)25-13-14-27-20-23-22-19(26-20)15-5-9-17(24-4)10-6-15/h5-12H,13-14H2,1-4H3. The van der Waals surface area contributed by atoms with E-state index in [-0.39, 0.29) is 5.41 Å². The fourth-order valence-corrected chi connectivity index (χ4v) is 3.04. The van der Waals surface area contributed by atoms with Crippen molar-refractivity contribution in [1.82, 2.24) is 10.2 Å². The molecular weight excluding hydrogens is 360 g/mol. The topological polar surface area (TPSA) is 57.4 Å². The maximum Gasteiger partial charge on any atom is 0.276 e. The van der Waals surface area contributed by atoms with Gasteiger partial charge in [-0.25, -0.2) is 0 Å². The third kappa shape index (κ3) is 5.26. The molecule has 5 nitrogen and oxygen atoms in total. The van der Waals surface area contributed by atoms with Crippen molar-refractivity contribution < 1.29 is 13.9 Å². The lowest BCUT2D eigenvalue weighted by atomic mass is 9.87. The molecule has 0 amide bonds. The van der Waals surface area contributed by atoms with Crippen LogP contribution in [0.15, 0.2) is 58.2 Å². The lowest BCUT2D eigenvalue weighted by molar-refractivity contribution is 0.343. The van der Waals surface area contributed by atoms with Gasteiger partial charge in [-0.15, -0.1) is 10.2 Å². The van der Waals surface area contributed by atoms with Gasteiger partial charge in [0.2, 0.25) is 5.89 Å². The highest BCUT2D eigenvalue weighted by molar-refractivity contribution is 7.99. The van der Waals surface area contributed by atoms with E-state index in [2.05, 4.69) is 43.1 Å². The Balaban J connectivity index is 1.47. The normalized spacial score (nSPS) is 11.4. The summed E-state index contributed by atoms with van der Waals surface area (Å²) >= 11 is 1.48. The zero-order valence-electron chi connectivity index (χ0n) is 16.1. The molecular formula is C21H24N2O3S. The molecule has 142 valence electrons. The van der Waals surface area contributed by atoms with Gasteiger partial charge in [0, 0.05) is 11.3 Å². The smallest absolute Gasteiger partial charge is 0.276 e. The number of hydrogen-bond donors (Lipinski definition) is 0. The predicted molar refractivity (Wildman–Crippen MR) is 108 cm³/mol. The Morgan fingerprint density at radius 2 is 1.59 bits per heavy atom. The number of aromatic nitrogens is 2. The van der Waals surface area contributed by atoms with Gasteiger partial charge >= 0.3 is 0 Å². The van der Waals surface area contributed by atoms with Crippen LogP contribution in [0, 0.1) is 0 Å². The van der Waals surface area contributed by atoms with Crippen molar-refractivity contribution in [1.29, 1.82) is 0 Å². The van der Waals surface area contributed by atoms with Gasteiger partial charge in [0.15, 0.2) is 0 Å². The van der Waals surface area contributed by atoms with Gasteiger partial charge in [-0.1, -0.05) is 44.7 Å². The highest BCUT2D eigenvalue weighted by atomic mass is 32.2. The van der Waals surface area contributed by atoms with Crippen molar-refractivity contribution in [2.75, 3.05) is 19.5 Å². The second-order valence-electron chi connectivity index (χ2n) is 7.07. The predicted octanol–water partition coefficient (Wildman–Crippen LogP) is 5.21. The van der Waals surface area contributed by atoms with E-state index in [9.17, 15) is 0 Å². The lowest BCUT2D eigenvalue weighted by Crippen LogP contribution is -2.10. The fourth-order valence-electron chi connectivity index (χ4n) is 2.46. The summed E-state index contributed by atoms with van der Waals surface area (Å²) in [5.41, 5.74) is 2.31. The molecule has 0 aliphatic rings. The Labute approximate surface area is 164 Å². The Kier molecular flexibility index (Phi) is 6.06. The van der Waals surface area contributed by atoms with Gasteiger partial charge in [0.05, 0.1) is 13.7 Å². The van der Waals surface area contributed by atoms with E-state index in [1.54, 1.807) is 7.11 Å². The molecule has 0 unspecified atom stereocenters. The third-order valence-electron chi connectivity index (χ3n) is 4.04. The summed E-state index contributed by atoms with van der Waals surface area (Å²) in [6.45, 7) is 7.16. The van der Waals surface area contributed by atoms with Crippen LogP contribution in [0.1, 0.15) is 26.3 Å². The van der Waals surface area contributed by atoms with Crippen molar-refractivity contribution >= 4 is 11.8 Å². The molecule has 0 saturated heterocycles. The molecule has 0 aliphatic carbocycles. The molecule has 2 aromatic carbocycles. The van der Waals surface area contributed by atoms with E-state index in [0.29, 0.717) is 17.7 Å². The first-order valence-electron chi connectivity index (χ1n) is 8.80. The Bertz CT molecular complexity index is 852. The molecule has 0 aliphatic heterocycles. The van der Waals surface area contributed by atoms with Gasteiger partial charge in [-0.3, -0.25) is 0 Å². The second-order valence-corrected chi connectivity index (χ2v) is 8.12. The molecule has 1 aromatic heterocycles. The summed E-state index contributed by atoms with van der Waals surface area (Å²) in [5.74, 6) is 2.89. The number of nitrogens with zero attached hydrogens (tertiary/aromatic N) is 2. The second kappa shape index (κ2) is 8.48. The monoisotopic (exact) mass is 384 g/mol. The van der Waals surface area contributed by atoms with Crippen molar-refractivity contribution in [3.05, 3.63) is 54.1 Å². The van der Waals surface area contributed by atoms with Crippen LogP contribution in [0.2, 0.25) is 0 Å². The summed E-state index contributed by atoms with van der Waals surface area (Å²) in [6, 6.07) is 15.8. The SMILES string of the molecule is COc1ccc(-c2nnc(SCCOc3ccc(C(C)(C)C)cc3)o2)cc1. The molecule has 0 N–H and O–H groups in total. The van der Waals surface area contributed by atoms with E-state index in [1.165, 1.54) is 17.3 Å². The number of ether oxygens (including phenoxy) is 2. The van der Waals surface area contributed by atoms with Crippen LogP contribution >= 0.6 is 11.8 Å². The van der Waals surface area contributed by atoms with Crippen LogP contribution in [0.25, 0.3) is 11.5 Å². The highest BCUT2D eigenvalue weighted by Crippen LogP contribution is 2.26. The Morgan fingerprint density at radius 1 is 0.926 bits per heavy atom. The van der Waals surface area contributed by atoms with E-state index >= 15 is 0 Å². The maximum atomic E-state index is 5.79. The molecule has 0 saturated carbocycles. The Hall–Kier alpha value is -2.47. The van der Waals surface area contributed by atoms with Gasteiger partial charge < -0.3 is 13.9 Å². The van der Waals surface area contributed by atoms with Crippen molar-refractivity contribution in [2.24, 2.45) is 0 Å². The number of thioether (sulfide) groups is 1. The van der Waals surface area contributed by atoms with Crippen molar-refractivity contribution in [3.63, 3.8) is 0 Å². The third-order valence-corrected chi connectivity index (χ3v) is 4.82. The molecule has 3 aromatic rings. The molecule has 0 spiro atoms. The van der Waals surface area contributed by atoms with E-state index in [4.69, 9.17) is 13.9 Å². The molecule has 3 rings (SSSR count). The van der Waals surface area contributed by atoms with Crippen LogP contribution in [-0.4, -0.2) is 29.7 Å². The minimum atomic E-state index is 0.147. The van der Waals surface area contributed by atoms with Crippen LogP contribution in [0.4, 0.5) is 0 Å². The maximum absolute atomic E-state index is 5.79. The molecule has 0 atom stereocenters. The first kappa shape index (κ1) is 19.3. The molecule has 0 radical (unpaired) electrons. The zero-order valence-corrected chi connectivity index (χ0v) is 16.9. The zero-order chi connectivity index (χ0) is 19.3. The number of hydrogen-bond acceptors (Lipinski definition) is 6. The van der Waals surface area contributed by atoms with Crippen LogP contribution in [-0.2, 0) is 5.41 Å². The van der Waals surface area contributed by atoms with Gasteiger partial charge in [-0.05, 0) is 47.4 Å². The first-order valence-corrected chi connectivity index (χ1v) is 9.78. The molecule has 6 heteroatoms. The van der Waals surface area contributed by atoms with Crippen LogP contribution < -0.4 is 9.47 Å². The number of rotatable bonds is 7. The van der Waals surface area contributed by atoms with Gasteiger partial charge in [-0.2, -0.15) is 0 Å². The molecule has 0 fully saturated rings. The summed E-state index contributed by atoms with van der Waals surface area (Å²) < 4.78 is 16.6. The van der Waals surface area contributed by atoms with Gasteiger partial charge in [0.1, 0.15) is 11.5 Å². The lowest BCUT2D eigenvalue weighted by Gasteiger charge is -2.19. The fraction of sp³-hybridized carbons (Fsp3) is 0.333. The molecule has 27 heavy (non-hydrogen) atoms.